The highest BCUT2D eigenvalue weighted by Crippen LogP contribution is 1.96. The Morgan fingerprint density at radius 3 is 2.50 bits per heavy atom. The van der Waals surface area contributed by atoms with Crippen molar-refractivity contribution in [2.45, 2.75) is 6.42 Å². The molecule has 1 atom stereocenters. The van der Waals surface area contributed by atoms with Gasteiger partial charge in [0.25, 0.3) is 0 Å². The van der Waals surface area contributed by atoms with E-state index in [4.69, 9.17) is 0 Å². The van der Waals surface area contributed by atoms with Gasteiger partial charge in [0, 0.05) is 11.5 Å². The minimum Gasteiger partial charge on any atom is -0.291 e. The van der Waals surface area contributed by atoms with Gasteiger partial charge in [-0.3, -0.25) is 4.57 Å². The van der Waals surface area contributed by atoms with Crippen molar-refractivity contribution < 1.29 is 4.57 Å². The topological polar surface area (TPSA) is 17.1 Å². The van der Waals surface area contributed by atoms with Crippen molar-refractivity contribution in [1.29, 1.82) is 0 Å². The van der Waals surface area contributed by atoms with Gasteiger partial charge in [0.05, 0.1) is 8.46 Å². The third-order valence-corrected chi connectivity index (χ3v) is 1.53. The van der Waals surface area contributed by atoms with Crippen LogP contribution in [-0.4, -0.2) is 11.5 Å². The molecule has 0 aromatic rings. The van der Waals surface area contributed by atoms with Crippen LogP contribution in [0.15, 0.2) is 0 Å². The van der Waals surface area contributed by atoms with Gasteiger partial charge in [-0.1, -0.05) is 15.9 Å². The molecule has 0 spiro atoms. The average molecular weight is 170 g/mol. The Hall–Kier alpha value is 0.580. The molecule has 0 saturated carbocycles. The molecule has 0 bridgehead atoms. The smallest absolute Gasteiger partial charge is 0.0581 e. The Balaban J connectivity index is 2.49. The molecule has 0 aliphatic heterocycles. The zero-order valence-electron chi connectivity index (χ0n) is 3.41. The van der Waals surface area contributed by atoms with Crippen LogP contribution in [0.1, 0.15) is 6.42 Å². The van der Waals surface area contributed by atoms with Crippen LogP contribution in [0.5, 0.6) is 0 Å². The van der Waals surface area contributed by atoms with E-state index in [2.05, 4.69) is 15.9 Å². The van der Waals surface area contributed by atoms with Gasteiger partial charge in [0.2, 0.25) is 0 Å². The highest BCUT2D eigenvalue weighted by molar-refractivity contribution is 9.09. The minimum absolute atomic E-state index is 0.115. The minimum atomic E-state index is -0.115. The molecule has 1 unspecified atom stereocenters. The van der Waals surface area contributed by atoms with Crippen molar-refractivity contribution in [2.75, 3.05) is 11.5 Å². The number of hydrogen-bond donors (Lipinski definition) is 0. The molecule has 0 rings (SSSR count). The van der Waals surface area contributed by atoms with Crippen molar-refractivity contribution in [1.82, 2.24) is 0 Å². The van der Waals surface area contributed by atoms with E-state index < -0.39 is 0 Å². The monoisotopic (exact) mass is 169 g/mol. The maximum atomic E-state index is 9.70. The standard InChI is InChI=1S/C3H7BrOP/c4-2-1-3-6-5/h6H,1-3H2. The van der Waals surface area contributed by atoms with Crippen LogP contribution in [0.4, 0.5) is 0 Å². The van der Waals surface area contributed by atoms with Crippen molar-refractivity contribution >= 4 is 24.4 Å². The molecule has 37 valence electrons. The molecule has 0 aromatic carbocycles. The predicted octanol–water partition coefficient (Wildman–Crippen LogP) is 1.80. The summed E-state index contributed by atoms with van der Waals surface area (Å²) < 4.78 is 9.70. The van der Waals surface area contributed by atoms with Crippen molar-refractivity contribution in [3.8, 4) is 0 Å². The van der Waals surface area contributed by atoms with Crippen LogP contribution in [0.2, 0.25) is 0 Å². The van der Waals surface area contributed by atoms with Gasteiger partial charge < -0.3 is 0 Å². The number of alkyl halides is 1. The fourth-order valence-electron chi connectivity index (χ4n) is 0.139. The van der Waals surface area contributed by atoms with Gasteiger partial charge >= 0.3 is 0 Å². The third-order valence-electron chi connectivity index (χ3n) is 0.412. The summed E-state index contributed by atoms with van der Waals surface area (Å²) in [7, 11) is -0.115. The lowest BCUT2D eigenvalue weighted by atomic mass is 10.6. The molecular formula is C3H7BrOP. The highest BCUT2D eigenvalue weighted by atomic mass is 79.9. The Bertz CT molecular complexity index is 39.8. The zero-order chi connectivity index (χ0) is 4.83. The molecule has 1 radical (unpaired) electrons. The summed E-state index contributed by atoms with van der Waals surface area (Å²) >= 11 is 3.22. The van der Waals surface area contributed by atoms with Gasteiger partial charge in [-0.15, -0.1) is 0 Å². The summed E-state index contributed by atoms with van der Waals surface area (Å²) in [5.41, 5.74) is 0. The van der Waals surface area contributed by atoms with Crippen LogP contribution < -0.4 is 0 Å². The summed E-state index contributed by atoms with van der Waals surface area (Å²) in [6, 6.07) is 0. The molecule has 0 aromatic heterocycles. The van der Waals surface area contributed by atoms with E-state index in [1.165, 1.54) is 0 Å². The number of halogens is 1. The normalized spacial score (nSPS) is 9.50. The Morgan fingerprint density at radius 2 is 2.33 bits per heavy atom. The van der Waals surface area contributed by atoms with Gasteiger partial charge in [-0.25, -0.2) is 0 Å². The molecule has 0 aliphatic carbocycles. The summed E-state index contributed by atoms with van der Waals surface area (Å²) in [5.74, 6) is 0. The van der Waals surface area contributed by atoms with Crippen LogP contribution in [0, 0.1) is 0 Å². The van der Waals surface area contributed by atoms with E-state index in [9.17, 15) is 4.57 Å². The fourth-order valence-corrected chi connectivity index (χ4v) is 1.26. The van der Waals surface area contributed by atoms with Crippen LogP contribution in [0.25, 0.3) is 0 Å². The lowest BCUT2D eigenvalue weighted by Crippen LogP contribution is -1.70. The maximum absolute atomic E-state index is 9.70. The first-order valence-electron chi connectivity index (χ1n) is 1.82. The lowest BCUT2D eigenvalue weighted by Gasteiger charge is -1.77. The molecule has 0 saturated heterocycles. The molecular weight excluding hydrogens is 163 g/mol. The second-order valence-corrected chi connectivity index (χ2v) is 2.52. The van der Waals surface area contributed by atoms with E-state index in [-0.39, 0.29) is 8.46 Å². The van der Waals surface area contributed by atoms with E-state index in [1.807, 2.05) is 0 Å². The van der Waals surface area contributed by atoms with Gasteiger partial charge in [0.1, 0.15) is 0 Å². The van der Waals surface area contributed by atoms with E-state index >= 15 is 0 Å². The van der Waals surface area contributed by atoms with Crippen molar-refractivity contribution in [3.05, 3.63) is 0 Å². The summed E-state index contributed by atoms with van der Waals surface area (Å²) in [5, 5.41) is 0.974. The van der Waals surface area contributed by atoms with E-state index in [0.717, 1.165) is 17.9 Å². The van der Waals surface area contributed by atoms with Crippen LogP contribution in [-0.2, 0) is 4.57 Å². The zero-order valence-corrected chi connectivity index (χ0v) is 5.99. The second-order valence-electron chi connectivity index (χ2n) is 0.937. The SMILES string of the molecule is O=[PH]CCCBr. The van der Waals surface area contributed by atoms with E-state index in [0.29, 0.717) is 0 Å². The molecule has 0 amide bonds. The first kappa shape index (κ1) is 6.58. The predicted molar refractivity (Wildman–Crippen MR) is 32.3 cm³/mol. The largest absolute Gasteiger partial charge is 0.291 e. The molecule has 6 heavy (non-hydrogen) atoms. The van der Waals surface area contributed by atoms with Gasteiger partial charge in [0.15, 0.2) is 0 Å². The molecule has 3 heteroatoms. The fraction of sp³-hybridized carbons (Fsp3) is 1.00. The van der Waals surface area contributed by atoms with Crippen molar-refractivity contribution in [3.63, 3.8) is 0 Å². The van der Waals surface area contributed by atoms with Crippen molar-refractivity contribution in [2.24, 2.45) is 0 Å². The van der Waals surface area contributed by atoms with Crippen LogP contribution >= 0.6 is 24.4 Å². The molecule has 0 aliphatic rings. The Kier molecular flexibility index (Phi) is 6.12. The molecule has 1 nitrogen and oxygen atoms in total. The summed E-state index contributed by atoms with van der Waals surface area (Å²) in [6.07, 6.45) is 1.87. The number of hydrogen-bond acceptors (Lipinski definition) is 1. The van der Waals surface area contributed by atoms with Gasteiger partial charge in [-0.2, -0.15) is 0 Å². The lowest BCUT2D eigenvalue weighted by molar-refractivity contribution is 0.598. The summed E-state index contributed by atoms with van der Waals surface area (Å²) in [4.78, 5) is 0. The maximum Gasteiger partial charge on any atom is 0.0581 e. The number of rotatable bonds is 3. The average Bonchev–Trinajstić information content (AvgIpc) is 1.61. The van der Waals surface area contributed by atoms with E-state index in [1.54, 1.807) is 0 Å². The summed E-state index contributed by atoms with van der Waals surface area (Å²) in [6.45, 7) is 0. The first-order chi connectivity index (χ1) is 2.91. The third kappa shape index (κ3) is 4.58. The molecule has 0 fully saturated rings. The highest BCUT2D eigenvalue weighted by Gasteiger charge is 1.75. The molecule has 0 N–H and O–H groups in total. The second kappa shape index (κ2) is 5.58. The van der Waals surface area contributed by atoms with Gasteiger partial charge in [-0.05, 0) is 6.42 Å². The molecule has 0 heterocycles. The van der Waals surface area contributed by atoms with Crippen LogP contribution in [0.3, 0.4) is 0 Å². The first-order valence-corrected chi connectivity index (χ1v) is 4.06. The quantitative estimate of drug-likeness (QED) is 0.358. The Labute approximate surface area is 47.5 Å². The Morgan fingerprint density at radius 1 is 1.67 bits per heavy atom.